The molecule has 4 rings (SSSR count). The summed E-state index contributed by atoms with van der Waals surface area (Å²) >= 11 is 0. The number of rotatable bonds is 5. The molecule has 1 atom stereocenters. The molecule has 1 saturated heterocycles. The van der Waals surface area contributed by atoms with Crippen LogP contribution in [0.2, 0.25) is 0 Å². The van der Waals surface area contributed by atoms with Crippen LogP contribution in [0.1, 0.15) is 24.0 Å². The largest absolute Gasteiger partial charge is 0.326 e. The second-order valence-electron chi connectivity index (χ2n) is 8.04. The Morgan fingerprint density at radius 2 is 1.97 bits per heavy atom. The van der Waals surface area contributed by atoms with E-state index in [-0.39, 0.29) is 11.8 Å². The highest BCUT2D eigenvalue weighted by atomic mass is 16.1. The second kappa shape index (κ2) is 8.62. The number of carbonyl (C=O) groups is 1. The first-order valence-corrected chi connectivity index (χ1v) is 10.2. The van der Waals surface area contributed by atoms with Gasteiger partial charge >= 0.3 is 0 Å². The molecule has 0 spiro atoms. The van der Waals surface area contributed by atoms with Crippen LogP contribution < -0.4 is 5.32 Å². The minimum Gasteiger partial charge on any atom is -0.326 e. The topological polar surface area (TPSA) is 50.2 Å². The number of hydrogen-bond donors (Lipinski definition) is 1. The summed E-state index contributed by atoms with van der Waals surface area (Å²) in [7, 11) is 1.93. The van der Waals surface area contributed by atoms with Gasteiger partial charge in [-0.25, -0.2) is 0 Å². The lowest BCUT2D eigenvalue weighted by Gasteiger charge is -2.31. The normalized spacial score (nSPS) is 17.2. The van der Waals surface area contributed by atoms with Gasteiger partial charge in [-0.1, -0.05) is 42.0 Å². The molecule has 1 unspecified atom stereocenters. The molecule has 1 amide bonds. The lowest BCUT2D eigenvalue weighted by molar-refractivity contribution is -0.121. The third-order valence-corrected chi connectivity index (χ3v) is 5.52. The van der Waals surface area contributed by atoms with Gasteiger partial charge in [0.2, 0.25) is 5.91 Å². The number of hydrogen-bond acceptors (Lipinski definition) is 3. The molecule has 1 fully saturated rings. The van der Waals surface area contributed by atoms with Gasteiger partial charge in [0, 0.05) is 37.6 Å². The van der Waals surface area contributed by atoms with Crippen LogP contribution in [0.3, 0.4) is 0 Å². The monoisotopic (exact) mass is 388 g/mol. The molecule has 1 aromatic heterocycles. The van der Waals surface area contributed by atoms with Gasteiger partial charge in [-0.05, 0) is 49.6 Å². The Morgan fingerprint density at radius 1 is 1.17 bits per heavy atom. The van der Waals surface area contributed by atoms with E-state index in [9.17, 15) is 4.79 Å². The van der Waals surface area contributed by atoms with Gasteiger partial charge in [-0.2, -0.15) is 5.10 Å². The van der Waals surface area contributed by atoms with Crippen LogP contribution in [-0.4, -0.2) is 33.7 Å². The number of benzene rings is 2. The van der Waals surface area contributed by atoms with Crippen molar-refractivity contribution in [2.45, 2.75) is 26.3 Å². The first-order chi connectivity index (χ1) is 14.1. The Balaban J connectivity index is 1.40. The van der Waals surface area contributed by atoms with Crippen molar-refractivity contribution in [1.82, 2.24) is 14.7 Å². The fourth-order valence-corrected chi connectivity index (χ4v) is 4.07. The molecule has 1 aliphatic heterocycles. The number of likely N-dealkylation sites (tertiary alicyclic amines) is 1. The third-order valence-electron chi connectivity index (χ3n) is 5.52. The van der Waals surface area contributed by atoms with Crippen molar-refractivity contribution in [2.24, 2.45) is 13.0 Å². The van der Waals surface area contributed by atoms with E-state index in [0.717, 1.165) is 43.7 Å². The zero-order valence-corrected chi connectivity index (χ0v) is 17.1. The highest BCUT2D eigenvalue weighted by molar-refractivity contribution is 5.93. The molecule has 5 nitrogen and oxygen atoms in total. The molecular weight excluding hydrogens is 360 g/mol. The highest BCUT2D eigenvalue weighted by Crippen LogP contribution is 2.25. The summed E-state index contributed by atoms with van der Waals surface area (Å²) in [6.45, 7) is 4.76. The maximum absolute atomic E-state index is 12.9. The lowest BCUT2D eigenvalue weighted by Crippen LogP contribution is -2.40. The van der Waals surface area contributed by atoms with E-state index in [1.165, 1.54) is 16.7 Å². The maximum Gasteiger partial charge on any atom is 0.228 e. The summed E-state index contributed by atoms with van der Waals surface area (Å²) in [6.07, 6.45) is 5.93. The van der Waals surface area contributed by atoms with E-state index in [4.69, 9.17) is 0 Å². The average molecular weight is 389 g/mol. The quantitative estimate of drug-likeness (QED) is 0.711. The van der Waals surface area contributed by atoms with E-state index in [1.807, 2.05) is 36.3 Å². The molecule has 3 aromatic rings. The summed E-state index contributed by atoms with van der Waals surface area (Å²) in [6, 6.07) is 16.5. The number of nitrogens with one attached hydrogen (secondary N) is 1. The van der Waals surface area contributed by atoms with Crippen molar-refractivity contribution in [3.8, 4) is 11.1 Å². The first-order valence-electron chi connectivity index (χ1n) is 10.2. The number of aryl methyl sites for hydroxylation is 2. The number of nitrogens with zero attached hydrogens (tertiary/aromatic N) is 3. The molecule has 0 bridgehead atoms. The summed E-state index contributed by atoms with van der Waals surface area (Å²) in [5, 5.41) is 7.38. The number of piperidine rings is 1. The van der Waals surface area contributed by atoms with Crippen molar-refractivity contribution in [3.63, 3.8) is 0 Å². The Kier molecular flexibility index (Phi) is 5.76. The van der Waals surface area contributed by atoms with Crippen LogP contribution in [0.5, 0.6) is 0 Å². The van der Waals surface area contributed by atoms with Gasteiger partial charge in [-0.3, -0.25) is 14.4 Å². The molecule has 29 heavy (non-hydrogen) atoms. The van der Waals surface area contributed by atoms with Gasteiger partial charge in [0.25, 0.3) is 0 Å². The van der Waals surface area contributed by atoms with Gasteiger partial charge in [-0.15, -0.1) is 0 Å². The number of amides is 1. The fraction of sp³-hybridized carbons (Fsp3) is 0.333. The predicted molar refractivity (Wildman–Crippen MR) is 116 cm³/mol. The van der Waals surface area contributed by atoms with Crippen molar-refractivity contribution in [3.05, 3.63) is 72.1 Å². The van der Waals surface area contributed by atoms with Crippen LogP contribution in [0.4, 0.5) is 5.69 Å². The molecule has 1 N–H and O–H groups in total. The molecular formula is C24H28N4O. The van der Waals surface area contributed by atoms with Gasteiger partial charge < -0.3 is 5.32 Å². The minimum atomic E-state index is 0.0167. The van der Waals surface area contributed by atoms with E-state index >= 15 is 0 Å². The first kappa shape index (κ1) is 19.4. The van der Waals surface area contributed by atoms with Crippen molar-refractivity contribution >= 4 is 11.6 Å². The smallest absolute Gasteiger partial charge is 0.228 e. The predicted octanol–water partition coefficient (Wildman–Crippen LogP) is 4.25. The number of anilines is 1. The van der Waals surface area contributed by atoms with Crippen LogP contribution in [0, 0.1) is 12.8 Å². The molecule has 2 heterocycles. The van der Waals surface area contributed by atoms with Crippen molar-refractivity contribution in [1.29, 1.82) is 0 Å². The Labute approximate surface area is 172 Å². The zero-order chi connectivity index (χ0) is 20.2. The lowest BCUT2D eigenvalue weighted by atomic mass is 9.96. The highest BCUT2D eigenvalue weighted by Gasteiger charge is 2.26. The molecule has 5 heteroatoms. The Bertz CT molecular complexity index is 994. The van der Waals surface area contributed by atoms with Crippen LogP contribution in [0.25, 0.3) is 11.1 Å². The van der Waals surface area contributed by atoms with Crippen LogP contribution >= 0.6 is 0 Å². The summed E-state index contributed by atoms with van der Waals surface area (Å²) in [5.41, 5.74) is 5.57. The van der Waals surface area contributed by atoms with Gasteiger partial charge in [0.05, 0.1) is 12.1 Å². The van der Waals surface area contributed by atoms with Crippen molar-refractivity contribution in [2.75, 3.05) is 18.4 Å². The van der Waals surface area contributed by atoms with Crippen molar-refractivity contribution < 1.29 is 4.79 Å². The zero-order valence-electron chi connectivity index (χ0n) is 17.1. The molecule has 0 radical (unpaired) electrons. The van der Waals surface area contributed by atoms with E-state index < -0.39 is 0 Å². The Morgan fingerprint density at radius 3 is 2.72 bits per heavy atom. The molecule has 2 aromatic carbocycles. The molecule has 0 aliphatic carbocycles. The minimum absolute atomic E-state index is 0.0167. The maximum atomic E-state index is 12.9. The Hall–Kier alpha value is -2.92. The van der Waals surface area contributed by atoms with E-state index in [1.54, 1.807) is 0 Å². The fourth-order valence-electron chi connectivity index (χ4n) is 4.07. The SMILES string of the molecule is Cc1cccc(-c2cccc(NC(=O)C3CCCN(Cc4cnn(C)c4)C3)c2)c1. The summed E-state index contributed by atoms with van der Waals surface area (Å²) in [4.78, 5) is 15.3. The molecule has 150 valence electrons. The number of aromatic nitrogens is 2. The molecule has 0 saturated carbocycles. The summed E-state index contributed by atoms with van der Waals surface area (Å²) < 4.78 is 1.82. The van der Waals surface area contributed by atoms with E-state index in [2.05, 4.69) is 58.6 Å². The standard InChI is InChI=1S/C24H28N4O/c1-18-6-3-7-20(12-18)21-8-4-10-23(13-21)26-24(29)22-9-5-11-28(17-22)16-19-14-25-27(2)15-19/h3-4,6-8,10,12-15,22H,5,9,11,16-17H2,1-2H3,(H,26,29). The second-order valence-corrected chi connectivity index (χ2v) is 8.04. The van der Waals surface area contributed by atoms with E-state index in [0.29, 0.717) is 0 Å². The molecule has 1 aliphatic rings. The van der Waals surface area contributed by atoms with Crippen LogP contribution in [-0.2, 0) is 18.4 Å². The van der Waals surface area contributed by atoms with Gasteiger partial charge in [0.15, 0.2) is 0 Å². The summed E-state index contributed by atoms with van der Waals surface area (Å²) in [5.74, 6) is 0.130. The third kappa shape index (κ3) is 4.93. The van der Waals surface area contributed by atoms with Gasteiger partial charge in [0.1, 0.15) is 0 Å². The van der Waals surface area contributed by atoms with Crippen LogP contribution in [0.15, 0.2) is 60.9 Å². The average Bonchev–Trinajstić information content (AvgIpc) is 3.13. The number of carbonyl (C=O) groups excluding carboxylic acids is 1.